The lowest BCUT2D eigenvalue weighted by Gasteiger charge is -2.43. The molecular formula is C30H35NO5Si. The zero-order valence-corrected chi connectivity index (χ0v) is 22.6. The van der Waals surface area contributed by atoms with Crippen molar-refractivity contribution < 1.29 is 23.9 Å². The number of rotatable bonds is 11. The molecule has 3 rings (SSSR count). The number of carboxylic acid groups (broad SMARTS) is 1. The molecule has 7 heteroatoms. The minimum atomic E-state index is -2.89. The fraction of sp³-hybridized carbons (Fsp3) is 0.267. The predicted molar refractivity (Wildman–Crippen MR) is 148 cm³/mol. The first-order chi connectivity index (χ1) is 17.7. The van der Waals surface area contributed by atoms with Gasteiger partial charge in [-0.25, -0.2) is 9.59 Å². The van der Waals surface area contributed by atoms with E-state index in [1.54, 1.807) is 0 Å². The monoisotopic (exact) mass is 517 g/mol. The minimum absolute atomic E-state index is 0.0380. The number of benzene rings is 3. The summed E-state index contributed by atoms with van der Waals surface area (Å²) in [6.45, 7) is 10.4. The van der Waals surface area contributed by atoms with Gasteiger partial charge >= 0.3 is 12.1 Å². The van der Waals surface area contributed by atoms with Gasteiger partial charge in [-0.05, 0) is 21.0 Å². The Bertz CT molecular complexity index is 1120. The molecule has 3 aromatic rings. The van der Waals surface area contributed by atoms with E-state index in [9.17, 15) is 14.7 Å². The van der Waals surface area contributed by atoms with Crippen molar-refractivity contribution in [3.8, 4) is 0 Å². The highest BCUT2D eigenvalue weighted by atomic mass is 28.4. The standard InChI is InChI=1S/C30H35NO5Si/c1-5-24(27(28(32)33)31-29(34)35-21-23-15-9-6-10-16-23)22-36-37(30(2,3)4,25-17-11-7-12-18-25)26-19-13-8-14-20-26/h5-20,24,27H,1,21-22H2,2-4H3,(H,31,34)(H,32,33)/t24-,27+/m1/s1. The Hall–Kier alpha value is -3.68. The first kappa shape index (κ1) is 27.9. The normalized spacial score (nSPS) is 13.3. The van der Waals surface area contributed by atoms with Gasteiger partial charge in [0.1, 0.15) is 12.6 Å². The van der Waals surface area contributed by atoms with Crippen LogP contribution in [0.4, 0.5) is 4.79 Å². The molecule has 0 fully saturated rings. The zero-order chi connectivity index (χ0) is 26.9. The van der Waals surface area contributed by atoms with Crippen LogP contribution in [0.1, 0.15) is 26.3 Å². The third kappa shape index (κ3) is 6.75. The Morgan fingerprint density at radius 1 is 0.919 bits per heavy atom. The van der Waals surface area contributed by atoms with E-state index in [4.69, 9.17) is 9.16 Å². The summed E-state index contributed by atoms with van der Waals surface area (Å²) in [4.78, 5) is 24.7. The van der Waals surface area contributed by atoms with E-state index in [2.05, 4.69) is 56.9 Å². The topological polar surface area (TPSA) is 84.9 Å². The number of nitrogens with one attached hydrogen (secondary N) is 1. The Balaban J connectivity index is 1.86. The van der Waals surface area contributed by atoms with Crippen molar-refractivity contribution in [2.24, 2.45) is 5.92 Å². The van der Waals surface area contributed by atoms with E-state index < -0.39 is 32.3 Å². The maximum absolute atomic E-state index is 12.5. The van der Waals surface area contributed by atoms with Crippen LogP contribution in [0.15, 0.2) is 104 Å². The van der Waals surface area contributed by atoms with Crippen molar-refractivity contribution in [3.63, 3.8) is 0 Å². The van der Waals surface area contributed by atoms with Crippen LogP contribution in [-0.2, 0) is 20.6 Å². The van der Waals surface area contributed by atoms with Gasteiger partial charge in [-0.2, -0.15) is 0 Å². The van der Waals surface area contributed by atoms with Crippen molar-refractivity contribution in [1.82, 2.24) is 5.32 Å². The molecule has 0 aliphatic rings. The number of ether oxygens (including phenoxy) is 1. The van der Waals surface area contributed by atoms with Gasteiger partial charge in [-0.15, -0.1) is 6.58 Å². The number of aliphatic carboxylic acids is 1. The van der Waals surface area contributed by atoms with Crippen LogP contribution < -0.4 is 15.7 Å². The largest absolute Gasteiger partial charge is 0.480 e. The van der Waals surface area contributed by atoms with E-state index in [-0.39, 0.29) is 18.3 Å². The smallest absolute Gasteiger partial charge is 0.408 e. The summed E-state index contributed by atoms with van der Waals surface area (Å²) in [6, 6.07) is 28.1. The predicted octanol–water partition coefficient (Wildman–Crippen LogP) is 4.74. The Labute approximate surface area is 220 Å². The highest BCUT2D eigenvalue weighted by Crippen LogP contribution is 2.37. The quantitative estimate of drug-likeness (QED) is 0.283. The fourth-order valence-corrected chi connectivity index (χ4v) is 9.12. The summed E-state index contributed by atoms with van der Waals surface area (Å²) in [7, 11) is -2.89. The molecule has 0 radical (unpaired) electrons. The Morgan fingerprint density at radius 3 is 1.84 bits per heavy atom. The summed E-state index contributed by atoms with van der Waals surface area (Å²) < 4.78 is 12.1. The molecule has 6 nitrogen and oxygen atoms in total. The number of hydrogen-bond donors (Lipinski definition) is 2. The van der Waals surface area contributed by atoms with E-state index in [1.165, 1.54) is 6.08 Å². The molecule has 0 aliphatic heterocycles. The molecule has 0 saturated heterocycles. The van der Waals surface area contributed by atoms with Crippen LogP contribution in [0.2, 0.25) is 5.04 Å². The van der Waals surface area contributed by atoms with Gasteiger partial charge in [0.05, 0.1) is 0 Å². The number of carbonyl (C=O) groups is 2. The molecule has 0 spiro atoms. The van der Waals surface area contributed by atoms with Crippen LogP contribution in [0.5, 0.6) is 0 Å². The zero-order valence-electron chi connectivity index (χ0n) is 21.6. The molecule has 37 heavy (non-hydrogen) atoms. The van der Waals surface area contributed by atoms with Gasteiger partial charge in [0.25, 0.3) is 8.32 Å². The summed E-state index contributed by atoms with van der Waals surface area (Å²) in [5.74, 6) is -1.88. The van der Waals surface area contributed by atoms with Crippen LogP contribution in [-0.4, -0.2) is 38.1 Å². The molecule has 0 aromatic heterocycles. The number of hydrogen-bond acceptors (Lipinski definition) is 4. The van der Waals surface area contributed by atoms with Crippen LogP contribution in [0, 0.1) is 5.92 Å². The van der Waals surface area contributed by atoms with E-state index in [1.807, 2.05) is 66.7 Å². The lowest BCUT2D eigenvalue weighted by atomic mass is 10.0. The number of carbonyl (C=O) groups excluding carboxylic acids is 1. The highest BCUT2D eigenvalue weighted by Gasteiger charge is 2.50. The maximum Gasteiger partial charge on any atom is 0.408 e. The lowest BCUT2D eigenvalue weighted by Crippen LogP contribution is -2.67. The molecule has 2 atom stereocenters. The molecule has 0 saturated carbocycles. The number of carboxylic acids is 1. The van der Waals surface area contributed by atoms with Crippen molar-refractivity contribution in [2.45, 2.75) is 38.5 Å². The molecule has 0 heterocycles. The third-order valence-electron chi connectivity index (χ3n) is 6.39. The highest BCUT2D eigenvalue weighted by molar-refractivity contribution is 6.99. The Kier molecular flexibility index (Phi) is 9.44. The van der Waals surface area contributed by atoms with Crippen LogP contribution in [0.3, 0.4) is 0 Å². The van der Waals surface area contributed by atoms with E-state index in [0.29, 0.717) is 0 Å². The van der Waals surface area contributed by atoms with Crippen molar-refractivity contribution in [2.75, 3.05) is 6.61 Å². The fourth-order valence-electron chi connectivity index (χ4n) is 4.53. The second-order valence-corrected chi connectivity index (χ2v) is 14.2. The molecule has 0 bridgehead atoms. The second kappa shape index (κ2) is 12.5. The average Bonchev–Trinajstić information content (AvgIpc) is 2.90. The van der Waals surface area contributed by atoms with Crippen molar-refractivity contribution >= 4 is 30.8 Å². The summed E-state index contributed by atoms with van der Waals surface area (Å²) >= 11 is 0. The lowest BCUT2D eigenvalue weighted by molar-refractivity contribution is -0.140. The van der Waals surface area contributed by atoms with Gasteiger partial charge in [0.15, 0.2) is 0 Å². The van der Waals surface area contributed by atoms with Gasteiger partial charge in [0.2, 0.25) is 0 Å². The first-order valence-corrected chi connectivity index (χ1v) is 14.2. The Morgan fingerprint density at radius 2 is 1.41 bits per heavy atom. The second-order valence-electron chi connectivity index (χ2n) is 9.90. The molecule has 0 aliphatic carbocycles. The average molecular weight is 518 g/mol. The molecule has 1 amide bonds. The van der Waals surface area contributed by atoms with Crippen LogP contribution >= 0.6 is 0 Å². The molecular weight excluding hydrogens is 482 g/mol. The molecule has 2 N–H and O–H groups in total. The van der Waals surface area contributed by atoms with Crippen LogP contribution in [0.25, 0.3) is 0 Å². The van der Waals surface area contributed by atoms with E-state index in [0.717, 1.165) is 15.9 Å². The molecule has 0 unspecified atom stereocenters. The van der Waals surface area contributed by atoms with E-state index >= 15 is 0 Å². The van der Waals surface area contributed by atoms with Gasteiger partial charge in [0, 0.05) is 12.5 Å². The SMILES string of the molecule is C=C[C@H](CO[Si](c1ccccc1)(c1ccccc1)C(C)(C)C)[C@H](NC(=O)OCc1ccccc1)C(=O)O. The molecule has 194 valence electrons. The summed E-state index contributed by atoms with van der Waals surface area (Å²) in [6.07, 6.45) is 0.710. The minimum Gasteiger partial charge on any atom is -0.480 e. The molecule has 3 aromatic carbocycles. The van der Waals surface area contributed by atoms with Gasteiger partial charge in [-0.1, -0.05) is 118 Å². The first-order valence-electron chi connectivity index (χ1n) is 12.3. The summed E-state index contributed by atoms with van der Waals surface area (Å²) in [5, 5.41) is 14.4. The van der Waals surface area contributed by atoms with Gasteiger partial charge in [-0.3, -0.25) is 0 Å². The van der Waals surface area contributed by atoms with Gasteiger partial charge < -0.3 is 19.6 Å². The number of amides is 1. The number of alkyl carbamates (subject to hydrolysis) is 1. The van der Waals surface area contributed by atoms with Crippen molar-refractivity contribution in [1.29, 1.82) is 0 Å². The summed E-state index contributed by atoms with van der Waals surface area (Å²) in [5.41, 5.74) is 0.805. The third-order valence-corrected chi connectivity index (χ3v) is 11.4. The van der Waals surface area contributed by atoms with Crippen molar-refractivity contribution in [3.05, 3.63) is 109 Å². The maximum atomic E-state index is 12.5.